The second-order valence-corrected chi connectivity index (χ2v) is 8.15. The van der Waals surface area contributed by atoms with E-state index >= 15 is 0 Å². The van der Waals surface area contributed by atoms with Crippen molar-refractivity contribution in [1.29, 1.82) is 0 Å². The molecule has 0 aliphatic carbocycles. The molecular weight excluding hydrogens is 434 g/mol. The van der Waals surface area contributed by atoms with E-state index in [9.17, 15) is 14.4 Å². The largest absolute Gasteiger partial charge is 0.340 e. The monoisotopic (exact) mass is 457 g/mol. The predicted octanol–water partition coefficient (Wildman–Crippen LogP) is 3.27. The number of benzene rings is 2. The molecule has 8 heteroatoms. The first kappa shape index (κ1) is 24.3. The standard InChI is InChI=1S/C23H24ClN3O3S/c1-4-16-8-7-9-17(14-16)25-21(28)15-27(2)23(30)20(12-13-31-3)26-22(29)18-10-5-6-11-19(18)24/h1,5-11,14,20H,12-13,15H2,2-3H3,(H,25,28)(H,26,29). The van der Waals surface area contributed by atoms with Crippen LogP contribution in [0.4, 0.5) is 5.69 Å². The third-order valence-electron chi connectivity index (χ3n) is 4.40. The first-order valence-electron chi connectivity index (χ1n) is 9.51. The van der Waals surface area contributed by atoms with Crippen molar-refractivity contribution in [3.63, 3.8) is 0 Å². The maximum absolute atomic E-state index is 13.0. The fraction of sp³-hybridized carbons (Fsp3) is 0.261. The first-order chi connectivity index (χ1) is 14.8. The van der Waals surface area contributed by atoms with Crippen molar-refractivity contribution in [2.75, 3.05) is 30.9 Å². The molecule has 1 unspecified atom stereocenters. The second kappa shape index (κ2) is 12.0. The third kappa shape index (κ3) is 7.35. The third-order valence-corrected chi connectivity index (χ3v) is 5.38. The van der Waals surface area contributed by atoms with Gasteiger partial charge in [-0.1, -0.05) is 35.7 Å². The van der Waals surface area contributed by atoms with Gasteiger partial charge in [0.05, 0.1) is 17.1 Å². The number of nitrogens with one attached hydrogen (secondary N) is 2. The van der Waals surface area contributed by atoms with Crippen molar-refractivity contribution in [2.45, 2.75) is 12.5 Å². The molecule has 2 rings (SSSR count). The molecule has 0 radical (unpaired) electrons. The van der Waals surface area contributed by atoms with E-state index in [0.717, 1.165) is 0 Å². The Morgan fingerprint density at radius 2 is 1.94 bits per heavy atom. The number of likely N-dealkylation sites (N-methyl/N-ethyl adjacent to an activating group) is 1. The van der Waals surface area contributed by atoms with Gasteiger partial charge in [-0.25, -0.2) is 0 Å². The zero-order chi connectivity index (χ0) is 22.8. The Hall–Kier alpha value is -2.95. The van der Waals surface area contributed by atoms with E-state index in [0.29, 0.717) is 34.0 Å². The highest BCUT2D eigenvalue weighted by Gasteiger charge is 2.26. The van der Waals surface area contributed by atoms with Crippen LogP contribution in [0.3, 0.4) is 0 Å². The van der Waals surface area contributed by atoms with Gasteiger partial charge in [0.1, 0.15) is 6.04 Å². The van der Waals surface area contributed by atoms with Crippen LogP contribution < -0.4 is 10.6 Å². The van der Waals surface area contributed by atoms with Crippen LogP contribution in [0.5, 0.6) is 0 Å². The molecule has 2 N–H and O–H groups in total. The lowest BCUT2D eigenvalue weighted by Crippen LogP contribution is -2.49. The summed E-state index contributed by atoms with van der Waals surface area (Å²) in [6.45, 7) is -0.170. The molecule has 0 saturated heterocycles. The smallest absolute Gasteiger partial charge is 0.253 e. The topological polar surface area (TPSA) is 78.5 Å². The van der Waals surface area contributed by atoms with Gasteiger partial charge in [-0.3, -0.25) is 14.4 Å². The predicted molar refractivity (Wildman–Crippen MR) is 126 cm³/mol. The molecule has 0 fully saturated rings. The Bertz CT molecular complexity index is 990. The van der Waals surface area contributed by atoms with Crippen molar-refractivity contribution in [3.8, 4) is 12.3 Å². The maximum Gasteiger partial charge on any atom is 0.253 e. The number of terminal acetylenes is 1. The minimum atomic E-state index is -0.779. The average molecular weight is 458 g/mol. The highest BCUT2D eigenvalue weighted by atomic mass is 35.5. The van der Waals surface area contributed by atoms with Gasteiger partial charge in [-0.05, 0) is 48.8 Å². The van der Waals surface area contributed by atoms with Crippen molar-refractivity contribution >= 4 is 46.8 Å². The van der Waals surface area contributed by atoms with Crippen molar-refractivity contribution in [3.05, 3.63) is 64.7 Å². The van der Waals surface area contributed by atoms with E-state index in [1.54, 1.807) is 60.3 Å². The Labute approximate surface area is 191 Å². The molecular formula is C23H24ClN3O3S. The van der Waals surface area contributed by atoms with Gasteiger partial charge >= 0.3 is 0 Å². The van der Waals surface area contributed by atoms with E-state index in [1.807, 2.05) is 6.26 Å². The Morgan fingerprint density at radius 1 is 1.19 bits per heavy atom. The molecule has 162 valence electrons. The molecule has 0 aliphatic rings. The molecule has 2 aromatic carbocycles. The van der Waals surface area contributed by atoms with E-state index in [-0.39, 0.29) is 18.4 Å². The number of carbonyl (C=O) groups excluding carboxylic acids is 3. The van der Waals surface area contributed by atoms with Crippen LogP contribution in [0.25, 0.3) is 0 Å². The SMILES string of the molecule is C#Cc1cccc(NC(=O)CN(C)C(=O)C(CCSC)NC(=O)c2ccccc2Cl)c1. The van der Waals surface area contributed by atoms with Crippen LogP contribution in [-0.4, -0.2) is 54.3 Å². The van der Waals surface area contributed by atoms with E-state index < -0.39 is 11.9 Å². The first-order valence-corrected chi connectivity index (χ1v) is 11.3. The number of hydrogen-bond donors (Lipinski definition) is 2. The summed E-state index contributed by atoms with van der Waals surface area (Å²) in [4.78, 5) is 39.2. The summed E-state index contributed by atoms with van der Waals surface area (Å²) in [6, 6.07) is 12.7. The van der Waals surface area contributed by atoms with Crippen LogP contribution in [0, 0.1) is 12.3 Å². The lowest BCUT2D eigenvalue weighted by Gasteiger charge is -2.24. The van der Waals surface area contributed by atoms with E-state index in [4.69, 9.17) is 18.0 Å². The molecule has 3 amide bonds. The Balaban J connectivity index is 2.03. The molecule has 0 spiro atoms. The van der Waals surface area contributed by atoms with Crippen molar-refractivity contribution in [1.82, 2.24) is 10.2 Å². The number of halogens is 1. The molecule has 2 aromatic rings. The summed E-state index contributed by atoms with van der Waals surface area (Å²) < 4.78 is 0. The van der Waals surface area contributed by atoms with Gasteiger partial charge in [-0.15, -0.1) is 6.42 Å². The molecule has 0 bridgehead atoms. The van der Waals surface area contributed by atoms with Crippen molar-refractivity contribution in [2.24, 2.45) is 0 Å². The number of nitrogens with zero attached hydrogens (tertiary/aromatic N) is 1. The summed E-state index contributed by atoms with van der Waals surface area (Å²) in [5.74, 6) is 2.00. The van der Waals surface area contributed by atoms with Gasteiger partial charge in [0.25, 0.3) is 5.91 Å². The number of thioether (sulfide) groups is 1. The highest BCUT2D eigenvalue weighted by molar-refractivity contribution is 7.98. The summed E-state index contributed by atoms with van der Waals surface area (Å²) in [5, 5.41) is 5.77. The molecule has 0 saturated carbocycles. The average Bonchev–Trinajstić information content (AvgIpc) is 2.76. The number of hydrogen-bond acceptors (Lipinski definition) is 4. The summed E-state index contributed by atoms with van der Waals surface area (Å²) in [7, 11) is 1.52. The van der Waals surface area contributed by atoms with Crippen LogP contribution >= 0.6 is 23.4 Å². The van der Waals surface area contributed by atoms with Gasteiger partial charge in [0.2, 0.25) is 11.8 Å². The summed E-state index contributed by atoms with van der Waals surface area (Å²) in [6.07, 6.45) is 7.71. The van der Waals surface area contributed by atoms with Crippen LogP contribution in [0.1, 0.15) is 22.3 Å². The van der Waals surface area contributed by atoms with E-state index in [2.05, 4.69) is 16.6 Å². The molecule has 0 heterocycles. The Kier molecular flexibility index (Phi) is 9.44. The molecule has 6 nitrogen and oxygen atoms in total. The van der Waals surface area contributed by atoms with Gasteiger partial charge in [0, 0.05) is 18.3 Å². The normalized spacial score (nSPS) is 11.2. The fourth-order valence-corrected chi connectivity index (χ4v) is 3.51. The summed E-state index contributed by atoms with van der Waals surface area (Å²) >= 11 is 7.65. The molecule has 31 heavy (non-hydrogen) atoms. The minimum Gasteiger partial charge on any atom is -0.340 e. The number of rotatable bonds is 9. The van der Waals surface area contributed by atoms with Crippen LogP contribution in [0.15, 0.2) is 48.5 Å². The molecule has 0 aromatic heterocycles. The highest BCUT2D eigenvalue weighted by Crippen LogP contribution is 2.16. The maximum atomic E-state index is 13.0. The zero-order valence-corrected chi connectivity index (χ0v) is 18.9. The van der Waals surface area contributed by atoms with Gasteiger partial charge < -0.3 is 15.5 Å². The molecule has 1 atom stereocenters. The fourth-order valence-electron chi connectivity index (χ4n) is 2.82. The van der Waals surface area contributed by atoms with Gasteiger partial charge in [-0.2, -0.15) is 11.8 Å². The van der Waals surface area contributed by atoms with Crippen LogP contribution in [-0.2, 0) is 9.59 Å². The Morgan fingerprint density at radius 3 is 2.61 bits per heavy atom. The number of carbonyl (C=O) groups is 3. The van der Waals surface area contributed by atoms with Crippen LogP contribution in [0.2, 0.25) is 5.02 Å². The zero-order valence-electron chi connectivity index (χ0n) is 17.4. The lowest BCUT2D eigenvalue weighted by atomic mass is 10.1. The van der Waals surface area contributed by atoms with Gasteiger partial charge in [0.15, 0.2) is 0 Å². The quantitative estimate of drug-likeness (QED) is 0.566. The second-order valence-electron chi connectivity index (χ2n) is 6.75. The lowest BCUT2D eigenvalue weighted by molar-refractivity contribution is -0.135. The summed E-state index contributed by atoms with van der Waals surface area (Å²) in [5.41, 5.74) is 1.48. The minimum absolute atomic E-state index is 0.170. The number of amides is 3. The number of anilines is 1. The van der Waals surface area contributed by atoms with E-state index in [1.165, 1.54) is 11.9 Å². The molecule has 0 aliphatic heterocycles. The van der Waals surface area contributed by atoms with Crippen molar-refractivity contribution < 1.29 is 14.4 Å².